The minimum atomic E-state index is 0.0961. The monoisotopic (exact) mass is 323 g/mol. The van der Waals surface area contributed by atoms with Gasteiger partial charge in [0.05, 0.1) is 24.6 Å². The molecule has 0 unspecified atom stereocenters. The minimum Gasteiger partial charge on any atom is -0.495 e. The first kappa shape index (κ1) is 15.5. The van der Waals surface area contributed by atoms with E-state index in [0.717, 1.165) is 29.4 Å². The molecule has 24 heavy (non-hydrogen) atoms. The van der Waals surface area contributed by atoms with Crippen molar-refractivity contribution in [3.05, 3.63) is 23.3 Å². The SMILES string of the molecule is CN=C1Nc2cc(C#CCN3CCCC3)c(OC)cc2C12CCC2. The number of benzene rings is 1. The molecule has 0 amide bonds. The number of hydrogen-bond acceptors (Lipinski definition) is 3. The summed E-state index contributed by atoms with van der Waals surface area (Å²) in [5.74, 6) is 8.63. The zero-order valence-corrected chi connectivity index (χ0v) is 14.6. The highest BCUT2D eigenvalue weighted by molar-refractivity contribution is 6.10. The molecule has 0 radical (unpaired) electrons. The van der Waals surface area contributed by atoms with E-state index in [-0.39, 0.29) is 5.41 Å². The van der Waals surface area contributed by atoms with Crippen molar-refractivity contribution in [3.8, 4) is 17.6 Å². The first-order chi connectivity index (χ1) is 11.8. The molecule has 1 N–H and O–H groups in total. The highest BCUT2D eigenvalue weighted by atomic mass is 16.5. The molecule has 4 heteroatoms. The zero-order chi connectivity index (χ0) is 16.6. The molecule has 1 aliphatic carbocycles. The average molecular weight is 323 g/mol. The molecule has 2 heterocycles. The van der Waals surface area contributed by atoms with Gasteiger partial charge in [-0.25, -0.2) is 0 Å². The van der Waals surface area contributed by atoms with Crippen LogP contribution in [0.3, 0.4) is 0 Å². The largest absolute Gasteiger partial charge is 0.495 e. The molecule has 4 nitrogen and oxygen atoms in total. The van der Waals surface area contributed by atoms with Gasteiger partial charge >= 0.3 is 0 Å². The molecule has 1 spiro atoms. The van der Waals surface area contributed by atoms with Gasteiger partial charge in [0.2, 0.25) is 0 Å². The van der Waals surface area contributed by atoms with Crippen LogP contribution < -0.4 is 10.1 Å². The summed E-state index contributed by atoms with van der Waals surface area (Å²) in [6.07, 6.45) is 6.20. The van der Waals surface area contributed by atoms with Crippen LogP contribution in [-0.2, 0) is 5.41 Å². The Hall–Kier alpha value is -1.99. The minimum absolute atomic E-state index is 0.0961. The third kappa shape index (κ3) is 2.39. The number of anilines is 1. The lowest BCUT2D eigenvalue weighted by atomic mass is 9.65. The molecule has 4 rings (SSSR count). The van der Waals surface area contributed by atoms with Gasteiger partial charge in [-0.1, -0.05) is 18.3 Å². The van der Waals surface area contributed by atoms with Crippen LogP contribution in [0.5, 0.6) is 5.75 Å². The molecular formula is C20H25N3O. The highest BCUT2D eigenvalue weighted by Crippen LogP contribution is 2.52. The van der Waals surface area contributed by atoms with E-state index < -0.39 is 0 Å². The second-order valence-corrected chi connectivity index (χ2v) is 7.02. The Labute approximate surface area is 144 Å². The Bertz CT molecular complexity index is 731. The predicted octanol–water partition coefficient (Wildman–Crippen LogP) is 3.02. The first-order valence-electron chi connectivity index (χ1n) is 8.95. The van der Waals surface area contributed by atoms with E-state index in [1.165, 1.54) is 50.8 Å². The summed E-state index contributed by atoms with van der Waals surface area (Å²) in [6.45, 7) is 3.20. The summed E-state index contributed by atoms with van der Waals surface area (Å²) in [6, 6.07) is 4.32. The number of aliphatic imine (C=N–C) groups is 1. The Morgan fingerprint density at radius 3 is 2.67 bits per heavy atom. The number of likely N-dealkylation sites (tertiary alicyclic amines) is 1. The fourth-order valence-corrected chi connectivity index (χ4v) is 4.21. The van der Waals surface area contributed by atoms with Crippen LogP contribution in [0.1, 0.15) is 43.2 Å². The molecule has 2 aliphatic heterocycles. The van der Waals surface area contributed by atoms with Gasteiger partial charge < -0.3 is 10.1 Å². The topological polar surface area (TPSA) is 36.9 Å². The van der Waals surface area contributed by atoms with Gasteiger partial charge in [0.15, 0.2) is 0 Å². The van der Waals surface area contributed by atoms with Crippen LogP contribution in [0, 0.1) is 11.8 Å². The third-order valence-electron chi connectivity index (χ3n) is 5.72. The van der Waals surface area contributed by atoms with E-state index in [1.54, 1.807) is 7.11 Å². The summed E-state index contributed by atoms with van der Waals surface area (Å²) < 4.78 is 5.64. The van der Waals surface area contributed by atoms with Gasteiger partial charge in [-0.3, -0.25) is 9.89 Å². The summed E-state index contributed by atoms with van der Waals surface area (Å²) in [5.41, 5.74) is 3.55. The number of nitrogens with zero attached hydrogens (tertiary/aromatic N) is 2. The number of nitrogens with one attached hydrogen (secondary N) is 1. The quantitative estimate of drug-likeness (QED) is 0.850. The Kier molecular flexibility index (Phi) is 3.97. The van der Waals surface area contributed by atoms with Crippen molar-refractivity contribution in [3.63, 3.8) is 0 Å². The van der Waals surface area contributed by atoms with Crippen molar-refractivity contribution in [1.29, 1.82) is 0 Å². The molecule has 2 fully saturated rings. The first-order valence-corrected chi connectivity index (χ1v) is 8.95. The van der Waals surface area contributed by atoms with Crippen molar-refractivity contribution in [2.75, 3.05) is 39.1 Å². The number of fused-ring (bicyclic) bond motifs is 2. The predicted molar refractivity (Wildman–Crippen MR) is 98.1 cm³/mol. The van der Waals surface area contributed by atoms with E-state index in [0.29, 0.717) is 0 Å². The van der Waals surface area contributed by atoms with Gasteiger partial charge in [-0.05, 0) is 56.5 Å². The van der Waals surface area contributed by atoms with Crippen molar-refractivity contribution in [2.24, 2.45) is 4.99 Å². The fourth-order valence-electron chi connectivity index (χ4n) is 4.21. The van der Waals surface area contributed by atoms with Crippen LogP contribution >= 0.6 is 0 Å². The van der Waals surface area contributed by atoms with E-state index in [9.17, 15) is 0 Å². The van der Waals surface area contributed by atoms with Gasteiger partial charge in [-0.2, -0.15) is 0 Å². The lowest BCUT2D eigenvalue weighted by Crippen LogP contribution is -2.41. The zero-order valence-electron chi connectivity index (χ0n) is 14.6. The molecule has 1 aromatic rings. The Morgan fingerprint density at radius 2 is 2.04 bits per heavy atom. The van der Waals surface area contributed by atoms with E-state index in [2.05, 4.69) is 39.2 Å². The summed E-state index contributed by atoms with van der Waals surface area (Å²) in [7, 11) is 3.61. The molecule has 1 aromatic carbocycles. The maximum absolute atomic E-state index is 5.64. The molecule has 1 saturated carbocycles. The Morgan fingerprint density at radius 1 is 1.25 bits per heavy atom. The maximum Gasteiger partial charge on any atom is 0.134 e. The van der Waals surface area contributed by atoms with Crippen LogP contribution in [0.25, 0.3) is 0 Å². The molecule has 0 bridgehead atoms. The fraction of sp³-hybridized carbons (Fsp3) is 0.550. The normalized spacial score (nSPS) is 22.7. The van der Waals surface area contributed by atoms with Crippen LogP contribution in [-0.4, -0.2) is 44.5 Å². The maximum atomic E-state index is 5.64. The summed E-state index contributed by atoms with van der Waals surface area (Å²) in [5, 5.41) is 3.52. The van der Waals surface area contributed by atoms with Crippen molar-refractivity contribution in [1.82, 2.24) is 4.90 Å². The summed E-state index contributed by atoms with van der Waals surface area (Å²) >= 11 is 0. The Balaban J connectivity index is 1.64. The van der Waals surface area contributed by atoms with Crippen LogP contribution in [0.2, 0.25) is 0 Å². The molecule has 126 valence electrons. The average Bonchev–Trinajstić information content (AvgIpc) is 3.18. The van der Waals surface area contributed by atoms with Gasteiger partial charge in [0.25, 0.3) is 0 Å². The van der Waals surface area contributed by atoms with Gasteiger partial charge in [0.1, 0.15) is 11.6 Å². The second kappa shape index (κ2) is 6.14. The highest BCUT2D eigenvalue weighted by Gasteiger charge is 2.49. The van der Waals surface area contributed by atoms with Crippen LogP contribution in [0.15, 0.2) is 17.1 Å². The molecule has 1 saturated heterocycles. The molecular weight excluding hydrogens is 298 g/mol. The standard InChI is InChI=1S/C20H25N3O/c1-21-19-20(8-6-9-20)16-14-18(24-2)15(13-17(16)22-19)7-5-12-23-10-3-4-11-23/h13-14H,3-4,6,8-12H2,1-2H3,(H,21,22). The lowest BCUT2D eigenvalue weighted by molar-refractivity contribution is 0.344. The van der Waals surface area contributed by atoms with E-state index >= 15 is 0 Å². The van der Waals surface area contributed by atoms with Crippen LogP contribution in [0.4, 0.5) is 5.69 Å². The number of ether oxygens (including phenoxy) is 1. The third-order valence-corrected chi connectivity index (χ3v) is 5.72. The van der Waals surface area contributed by atoms with Gasteiger partial charge in [0, 0.05) is 12.7 Å². The van der Waals surface area contributed by atoms with Crippen molar-refractivity contribution in [2.45, 2.75) is 37.5 Å². The number of amidine groups is 1. The van der Waals surface area contributed by atoms with E-state index in [1.807, 2.05) is 7.05 Å². The lowest BCUT2D eigenvalue weighted by Gasteiger charge is -2.38. The van der Waals surface area contributed by atoms with Crippen molar-refractivity contribution >= 4 is 11.5 Å². The number of hydrogen-bond donors (Lipinski definition) is 1. The molecule has 3 aliphatic rings. The number of rotatable bonds is 2. The summed E-state index contributed by atoms with van der Waals surface area (Å²) in [4.78, 5) is 6.91. The number of methoxy groups -OCH3 is 1. The van der Waals surface area contributed by atoms with E-state index in [4.69, 9.17) is 4.74 Å². The molecule has 0 atom stereocenters. The van der Waals surface area contributed by atoms with Gasteiger partial charge in [-0.15, -0.1) is 0 Å². The van der Waals surface area contributed by atoms with Crippen molar-refractivity contribution < 1.29 is 4.74 Å². The molecule has 0 aromatic heterocycles. The smallest absolute Gasteiger partial charge is 0.134 e. The second-order valence-electron chi connectivity index (χ2n) is 7.02.